The molecule has 0 heterocycles. The van der Waals surface area contributed by atoms with E-state index in [4.69, 9.17) is 4.74 Å². The second-order valence-corrected chi connectivity index (χ2v) is 3.82. The van der Waals surface area contributed by atoms with Crippen molar-refractivity contribution in [2.75, 3.05) is 20.7 Å². The lowest BCUT2D eigenvalue weighted by Gasteiger charge is -2.10. The molecule has 1 N–H and O–H groups in total. The molecule has 0 aliphatic rings. The highest BCUT2D eigenvalue weighted by molar-refractivity contribution is 6.11. The zero-order valence-corrected chi connectivity index (χ0v) is 9.99. The second kappa shape index (κ2) is 4.97. The van der Waals surface area contributed by atoms with Gasteiger partial charge < -0.3 is 10.1 Å². The van der Waals surface area contributed by atoms with Gasteiger partial charge in [0.1, 0.15) is 5.75 Å². The fourth-order valence-electron chi connectivity index (χ4n) is 1.96. The van der Waals surface area contributed by atoms with E-state index < -0.39 is 0 Å². The normalized spacial score (nSPS) is 10.5. The SMILES string of the molecule is CNCC(=O)c1c(OC)ccc2ccccc12. The lowest BCUT2D eigenvalue weighted by molar-refractivity contribution is 0.0992. The summed E-state index contributed by atoms with van der Waals surface area (Å²) in [6.07, 6.45) is 0. The number of carbonyl (C=O) groups excluding carboxylic acids is 1. The van der Waals surface area contributed by atoms with E-state index in [0.29, 0.717) is 17.9 Å². The fraction of sp³-hybridized carbons (Fsp3) is 0.214. The molecular formula is C14H15NO2. The average molecular weight is 229 g/mol. The highest BCUT2D eigenvalue weighted by Gasteiger charge is 2.14. The van der Waals surface area contributed by atoms with Crippen LogP contribution in [-0.2, 0) is 0 Å². The summed E-state index contributed by atoms with van der Waals surface area (Å²) >= 11 is 0. The number of ketones is 1. The number of fused-ring (bicyclic) bond motifs is 1. The van der Waals surface area contributed by atoms with Crippen LogP contribution in [-0.4, -0.2) is 26.5 Å². The second-order valence-electron chi connectivity index (χ2n) is 3.82. The highest BCUT2D eigenvalue weighted by atomic mass is 16.5. The third kappa shape index (κ3) is 2.15. The van der Waals surface area contributed by atoms with E-state index in [0.717, 1.165) is 10.8 Å². The topological polar surface area (TPSA) is 38.3 Å². The summed E-state index contributed by atoms with van der Waals surface area (Å²) in [5.41, 5.74) is 0.653. The molecule has 0 aliphatic heterocycles. The molecule has 0 saturated heterocycles. The molecule has 0 aromatic heterocycles. The Morgan fingerprint density at radius 1 is 1.24 bits per heavy atom. The molecule has 0 amide bonds. The quantitative estimate of drug-likeness (QED) is 0.817. The first-order valence-corrected chi connectivity index (χ1v) is 5.51. The Bertz CT molecular complexity index is 549. The van der Waals surface area contributed by atoms with E-state index in [1.54, 1.807) is 14.2 Å². The van der Waals surface area contributed by atoms with Crippen LogP contribution in [0.4, 0.5) is 0 Å². The highest BCUT2D eigenvalue weighted by Crippen LogP contribution is 2.28. The van der Waals surface area contributed by atoms with Crippen molar-refractivity contribution in [2.45, 2.75) is 0 Å². The molecule has 2 rings (SSSR count). The first-order valence-electron chi connectivity index (χ1n) is 5.51. The van der Waals surface area contributed by atoms with Crippen LogP contribution in [0.15, 0.2) is 36.4 Å². The maximum atomic E-state index is 12.1. The summed E-state index contributed by atoms with van der Waals surface area (Å²) in [6, 6.07) is 11.6. The summed E-state index contributed by atoms with van der Waals surface area (Å²) in [5.74, 6) is 0.671. The molecule has 0 unspecified atom stereocenters. The van der Waals surface area contributed by atoms with Crippen molar-refractivity contribution in [1.82, 2.24) is 5.32 Å². The van der Waals surface area contributed by atoms with Gasteiger partial charge in [0.05, 0.1) is 19.2 Å². The molecule has 2 aromatic carbocycles. The van der Waals surface area contributed by atoms with Crippen molar-refractivity contribution in [2.24, 2.45) is 0 Å². The number of likely N-dealkylation sites (N-methyl/N-ethyl adjacent to an activating group) is 1. The largest absolute Gasteiger partial charge is 0.496 e. The van der Waals surface area contributed by atoms with Gasteiger partial charge in [-0.15, -0.1) is 0 Å². The maximum Gasteiger partial charge on any atom is 0.180 e. The number of methoxy groups -OCH3 is 1. The van der Waals surface area contributed by atoms with Crippen molar-refractivity contribution in [3.8, 4) is 5.75 Å². The van der Waals surface area contributed by atoms with Crippen molar-refractivity contribution in [3.63, 3.8) is 0 Å². The minimum atomic E-state index is 0.0427. The van der Waals surface area contributed by atoms with E-state index in [-0.39, 0.29) is 5.78 Å². The molecule has 88 valence electrons. The van der Waals surface area contributed by atoms with Crippen molar-refractivity contribution in [1.29, 1.82) is 0 Å². The molecule has 17 heavy (non-hydrogen) atoms. The van der Waals surface area contributed by atoms with Crippen molar-refractivity contribution >= 4 is 16.6 Å². The van der Waals surface area contributed by atoms with Gasteiger partial charge >= 0.3 is 0 Å². The van der Waals surface area contributed by atoms with E-state index in [9.17, 15) is 4.79 Å². The summed E-state index contributed by atoms with van der Waals surface area (Å²) in [7, 11) is 3.34. The molecule has 2 aromatic rings. The number of hydrogen-bond donors (Lipinski definition) is 1. The summed E-state index contributed by atoms with van der Waals surface area (Å²) in [6.45, 7) is 0.310. The third-order valence-corrected chi connectivity index (χ3v) is 2.73. The summed E-state index contributed by atoms with van der Waals surface area (Å²) in [4.78, 5) is 12.1. The minimum Gasteiger partial charge on any atom is -0.496 e. The predicted molar refractivity (Wildman–Crippen MR) is 68.8 cm³/mol. The van der Waals surface area contributed by atoms with Gasteiger partial charge in [-0.3, -0.25) is 4.79 Å². The standard InChI is InChI=1S/C14H15NO2/c1-15-9-12(16)14-11-6-4-3-5-10(11)7-8-13(14)17-2/h3-8,15H,9H2,1-2H3. The van der Waals surface area contributed by atoms with Gasteiger partial charge in [0.25, 0.3) is 0 Å². The van der Waals surface area contributed by atoms with Gasteiger partial charge in [-0.2, -0.15) is 0 Å². The number of rotatable bonds is 4. The van der Waals surface area contributed by atoms with Gasteiger partial charge in [-0.25, -0.2) is 0 Å². The van der Waals surface area contributed by atoms with Crippen molar-refractivity contribution in [3.05, 3.63) is 42.0 Å². The molecular weight excluding hydrogens is 214 g/mol. The Morgan fingerprint density at radius 2 is 2.00 bits per heavy atom. The van der Waals surface area contributed by atoms with Gasteiger partial charge in [-0.1, -0.05) is 30.3 Å². The van der Waals surface area contributed by atoms with Crippen LogP contribution in [0, 0.1) is 0 Å². The van der Waals surface area contributed by atoms with Gasteiger partial charge in [0, 0.05) is 0 Å². The predicted octanol–water partition coefficient (Wildman–Crippen LogP) is 2.25. The number of nitrogens with one attached hydrogen (secondary N) is 1. The van der Waals surface area contributed by atoms with Crippen LogP contribution < -0.4 is 10.1 Å². The zero-order valence-electron chi connectivity index (χ0n) is 9.99. The Labute approximate surface area is 100 Å². The molecule has 0 aliphatic carbocycles. The van der Waals surface area contributed by atoms with Crippen LogP contribution in [0.2, 0.25) is 0 Å². The molecule has 0 atom stereocenters. The van der Waals surface area contributed by atoms with Crippen LogP contribution in [0.5, 0.6) is 5.75 Å². The number of Topliss-reactive ketones (excluding diaryl/α,β-unsaturated/α-hetero) is 1. The lowest BCUT2D eigenvalue weighted by atomic mass is 10.00. The minimum absolute atomic E-state index is 0.0427. The van der Waals surface area contributed by atoms with E-state index >= 15 is 0 Å². The Hall–Kier alpha value is -1.87. The fourth-order valence-corrected chi connectivity index (χ4v) is 1.96. The van der Waals surface area contributed by atoms with Crippen LogP contribution in [0.3, 0.4) is 0 Å². The van der Waals surface area contributed by atoms with Crippen LogP contribution in [0.25, 0.3) is 10.8 Å². The molecule has 0 radical (unpaired) electrons. The number of benzene rings is 2. The molecule has 0 fully saturated rings. The maximum absolute atomic E-state index is 12.1. The molecule has 0 saturated carbocycles. The smallest absolute Gasteiger partial charge is 0.180 e. The first-order chi connectivity index (χ1) is 8.27. The molecule has 0 spiro atoms. The number of hydrogen-bond acceptors (Lipinski definition) is 3. The number of ether oxygens (including phenoxy) is 1. The molecule has 3 nitrogen and oxygen atoms in total. The molecule has 0 bridgehead atoms. The van der Waals surface area contributed by atoms with E-state index in [1.165, 1.54) is 0 Å². The van der Waals surface area contributed by atoms with Crippen molar-refractivity contribution < 1.29 is 9.53 Å². The van der Waals surface area contributed by atoms with E-state index in [1.807, 2.05) is 36.4 Å². The Morgan fingerprint density at radius 3 is 2.71 bits per heavy atom. The zero-order chi connectivity index (χ0) is 12.3. The Kier molecular flexibility index (Phi) is 3.40. The molecule has 3 heteroatoms. The summed E-state index contributed by atoms with van der Waals surface area (Å²) in [5, 5.41) is 4.86. The van der Waals surface area contributed by atoms with Crippen LogP contribution >= 0.6 is 0 Å². The monoisotopic (exact) mass is 229 g/mol. The third-order valence-electron chi connectivity index (χ3n) is 2.73. The Balaban J connectivity index is 2.67. The van der Waals surface area contributed by atoms with Gasteiger partial charge in [-0.05, 0) is 23.9 Å². The van der Waals surface area contributed by atoms with Gasteiger partial charge in [0.2, 0.25) is 0 Å². The first kappa shape index (κ1) is 11.6. The summed E-state index contributed by atoms with van der Waals surface area (Å²) < 4.78 is 5.27. The average Bonchev–Trinajstić information content (AvgIpc) is 2.37. The number of carbonyl (C=O) groups is 1. The lowest BCUT2D eigenvalue weighted by Crippen LogP contribution is -2.19. The van der Waals surface area contributed by atoms with E-state index in [2.05, 4.69) is 5.32 Å². The van der Waals surface area contributed by atoms with Gasteiger partial charge in [0.15, 0.2) is 5.78 Å². The van der Waals surface area contributed by atoms with Crippen LogP contribution in [0.1, 0.15) is 10.4 Å².